The number of benzene rings is 1. The van der Waals surface area contributed by atoms with Gasteiger partial charge in [0.25, 0.3) is 11.6 Å². The molecule has 21 heavy (non-hydrogen) atoms. The van der Waals surface area contributed by atoms with Crippen LogP contribution in [0.1, 0.15) is 43.0 Å². The van der Waals surface area contributed by atoms with Gasteiger partial charge >= 0.3 is 0 Å². The van der Waals surface area contributed by atoms with Gasteiger partial charge in [-0.25, -0.2) is 0 Å². The highest BCUT2D eigenvalue weighted by Gasteiger charge is 2.23. The number of carbonyl (C=O) groups excluding carboxylic acids is 1. The topological polar surface area (TPSA) is 81.5 Å². The minimum absolute atomic E-state index is 0.113. The second-order valence-corrected chi connectivity index (χ2v) is 5.57. The summed E-state index contributed by atoms with van der Waals surface area (Å²) in [4.78, 5) is 22.7. The normalized spacial score (nSPS) is 21.6. The molecule has 2 rings (SSSR count). The fourth-order valence-corrected chi connectivity index (χ4v) is 2.65. The van der Waals surface area contributed by atoms with Gasteiger partial charge in [-0.15, -0.1) is 0 Å². The number of hydrogen-bond acceptors (Lipinski definition) is 4. The van der Waals surface area contributed by atoms with E-state index in [-0.39, 0.29) is 23.2 Å². The van der Waals surface area contributed by atoms with E-state index in [1.165, 1.54) is 25.3 Å². The van der Waals surface area contributed by atoms with Gasteiger partial charge in [-0.05, 0) is 37.7 Å². The van der Waals surface area contributed by atoms with E-state index in [0.717, 1.165) is 25.7 Å². The van der Waals surface area contributed by atoms with Crippen molar-refractivity contribution >= 4 is 11.6 Å². The van der Waals surface area contributed by atoms with Crippen LogP contribution in [0.2, 0.25) is 0 Å². The molecule has 6 heteroatoms. The number of ether oxygens (including phenoxy) is 1. The van der Waals surface area contributed by atoms with Gasteiger partial charge in [0, 0.05) is 18.2 Å². The van der Waals surface area contributed by atoms with Gasteiger partial charge in [-0.3, -0.25) is 14.9 Å². The molecule has 1 aliphatic rings. The van der Waals surface area contributed by atoms with Crippen molar-refractivity contribution in [1.29, 1.82) is 0 Å². The number of nitro benzene ring substituents is 1. The average Bonchev–Trinajstić information content (AvgIpc) is 2.48. The Hall–Kier alpha value is -2.11. The van der Waals surface area contributed by atoms with E-state index < -0.39 is 4.92 Å². The molecule has 0 atom stereocenters. The first-order valence-electron chi connectivity index (χ1n) is 7.14. The Morgan fingerprint density at radius 1 is 1.33 bits per heavy atom. The lowest BCUT2D eigenvalue weighted by atomic mass is 9.87. The van der Waals surface area contributed by atoms with E-state index in [1.54, 1.807) is 0 Å². The minimum Gasteiger partial charge on any atom is -0.496 e. The summed E-state index contributed by atoms with van der Waals surface area (Å²) in [5.74, 6) is 0.739. The molecule has 0 radical (unpaired) electrons. The molecule has 0 heterocycles. The number of hydrogen-bond donors (Lipinski definition) is 1. The zero-order chi connectivity index (χ0) is 15.4. The maximum atomic E-state index is 12.3. The zero-order valence-electron chi connectivity index (χ0n) is 12.3. The van der Waals surface area contributed by atoms with Crippen LogP contribution in [0.4, 0.5) is 5.69 Å². The molecule has 0 unspecified atom stereocenters. The summed E-state index contributed by atoms with van der Waals surface area (Å²) in [6.45, 7) is 2.21. The van der Waals surface area contributed by atoms with Crippen LogP contribution in [0.5, 0.6) is 5.75 Å². The molecule has 1 N–H and O–H groups in total. The summed E-state index contributed by atoms with van der Waals surface area (Å²) in [5.41, 5.74) is 0.100. The van der Waals surface area contributed by atoms with Crippen LogP contribution < -0.4 is 10.1 Å². The van der Waals surface area contributed by atoms with Crippen LogP contribution in [-0.2, 0) is 0 Å². The molecule has 1 aromatic carbocycles. The number of non-ortho nitro benzene ring substituents is 1. The molecule has 0 bridgehead atoms. The number of nitrogens with one attached hydrogen (secondary N) is 1. The second kappa shape index (κ2) is 6.56. The third-order valence-corrected chi connectivity index (χ3v) is 3.99. The number of nitro groups is 1. The quantitative estimate of drug-likeness (QED) is 0.683. The first kappa shape index (κ1) is 15.3. The molecule has 0 aliphatic heterocycles. The van der Waals surface area contributed by atoms with E-state index in [0.29, 0.717) is 11.7 Å². The Bertz CT molecular complexity index is 536. The predicted octanol–water partition coefficient (Wildman–Crippen LogP) is 2.91. The average molecular weight is 292 g/mol. The Kier molecular flexibility index (Phi) is 4.77. The summed E-state index contributed by atoms with van der Waals surface area (Å²) in [5, 5.41) is 13.8. The summed E-state index contributed by atoms with van der Waals surface area (Å²) in [6.07, 6.45) is 4.09. The zero-order valence-corrected chi connectivity index (χ0v) is 12.3. The highest BCUT2D eigenvalue weighted by atomic mass is 16.6. The summed E-state index contributed by atoms with van der Waals surface area (Å²) < 4.78 is 5.12. The lowest BCUT2D eigenvalue weighted by Gasteiger charge is -2.27. The van der Waals surface area contributed by atoms with Crippen LogP contribution in [0.15, 0.2) is 18.2 Å². The third kappa shape index (κ3) is 3.71. The minimum atomic E-state index is -0.515. The van der Waals surface area contributed by atoms with E-state index in [9.17, 15) is 14.9 Å². The van der Waals surface area contributed by atoms with Crippen LogP contribution in [0.3, 0.4) is 0 Å². The fourth-order valence-electron chi connectivity index (χ4n) is 2.65. The van der Waals surface area contributed by atoms with Gasteiger partial charge in [0.05, 0.1) is 17.6 Å². The lowest BCUT2D eigenvalue weighted by Crippen LogP contribution is -2.37. The largest absolute Gasteiger partial charge is 0.496 e. The first-order chi connectivity index (χ1) is 10.0. The Balaban J connectivity index is 2.13. The Morgan fingerprint density at radius 3 is 2.57 bits per heavy atom. The molecule has 0 saturated heterocycles. The van der Waals surface area contributed by atoms with Gasteiger partial charge in [0.2, 0.25) is 0 Å². The predicted molar refractivity (Wildman–Crippen MR) is 78.5 cm³/mol. The summed E-state index contributed by atoms with van der Waals surface area (Å²) in [7, 11) is 1.44. The molecule has 0 aromatic heterocycles. The molecule has 1 fully saturated rings. The van der Waals surface area contributed by atoms with Gasteiger partial charge in [-0.1, -0.05) is 6.92 Å². The van der Waals surface area contributed by atoms with Gasteiger partial charge < -0.3 is 10.1 Å². The van der Waals surface area contributed by atoms with Crippen LogP contribution in [0.25, 0.3) is 0 Å². The van der Waals surface area contributed by atoms with Crippen molar-refractivity contribution in [3.63, 3.8) is 0 Å². The van der Waals surface area contributed by atoms with Crippen LogP contribution in [-0.4, -0.2) is 24.0 Å². The second-order valence-electron chi connectivity index (χ2n) is 5.57. The summed E-state index contributed by atoms with van der Waals surface area (Å²) >= 11 is 0. The number of carbonyl (C=O) groups is 1. The smallest absolute Gasteiger partial charge is 0.270 e. The van der Waals surface area contributed by atoms with Crippen molar-refractivity contribution in [2.45, 2.75) is 38.6 Å². The van der Waals surface area contributed by atoms with Gasteiger partial charge in [0.1, 0.15) is 5.75 Å². The van der Waals surface area contributed by atoms with Crippen molar-refractivity contribution in [1.82, 2.24) is 5.32 Å². The molecule has 1 aromatic rings. The van der Waals surface area contributed by atoms with E-state index in [1.807, 2.05) is 0 Å². The molecular formula is C15H20N2O4. The molecule has 114 valence electrons. The molecule has 0 spiro atoms. The molecular weight excluding hydrogens is 272 g/mol. The van der Waals surface area contributed by atoms with E-state index in [2.05, 4.69) is 12.2 Å². The third-order valence-electron chi connectivity index (χ3n) is 3.99. The number of methoxy groups -OCH3 is 1. The standard InChI is InChI=1S/C15H20N2O4/c1-10-3-5-11(6-4-10)16-15(18)13-9-12(17(19)20)7-8-14(13)21-2/h7-11H,3-6H2,1-2H3,(H,16,18). The molecule has 6 nitrogen and oxygen atoms in total. The fraction of sp³-hybridized carbons (Fsp3) is 0.533. The maximum absolute atomic E-state index is 12.3. The van der Waals surface area contributed by atoms with Crippen molar-refractivity contribution in [2.24, 2.45) is 5.92 Å². The van der Waals surface area contributed by atoms with E-state index in [4.69, 9.17) is 4.74 Å². The maximum Gasteiger partial charge on any atom is 0.270 e. The van der Waals surface area contributed by atoms with Crippen molar-refractivity contribution < 1.29 is 14.5 Å². The molecule has 1 aliphatic carbocycles. The van der Waals surface area contributed by atoms with Crippen molar-refractivity contribution in [3.8, 4) is 5.75 Å². The lowest BCUT2D eigenvalue weighted by molar-refractivity contribution is -0.384. The molecule has 1 saturated carbocycles. The Morgan fingerprint density at radius 2 is 2.00 bits per heavy atom. The van der Waals surface area contributed by atoms with Gasteiger partial charge in [0.15, 0.2) is 0 Å². The van der Waals surface area contributed by atoms with Gasteiger partial charge in [-0.2, -0.15) is 0 Å². The monoisotopic (exact) mass is 292 g/mol. The highest BCUT2D eigenvalue weighted by Crippen LogP contribution is 2.26. The van der Waals surface area contributed by atoms with Crippen LogP contribution in [0, 0.1) is 16.0 Å². The Labute approximate surface area is 123 Å². The number of rotatable bonds is 4. The SMILES string of the molecule is COc1ccc([N+](=O)[O-])cc1C(=O)NC1CCC(C)CC1. The number of nitrogens with zero attached hydrogens (tertiary/aromatic N) is 1. The molecule has 1 amide bonds. The first-order valence-corrected chi connectivity index (χ1v) is 7.14. The van der Waals surface area contributed by atoms with Crippen molar-refractivity contribution in [2.75, 3.05) is 7.11 Å². The summed E-state index contributed by atoms with van der Waals surface area (Å²) in [6, 6.07) is 4.19. The van der Waals surface area contributed by atoms with Crippen molar-refractivity contribution in [3.05, 3.63) is 33.9 Å². The highest BCUT2D eigenvalue weighted by molar-refractivity contribution is 5.97. The van der Waals surface area contributed by atoms with E-state index >= 15 is 0 Å². The number of amides is 1. The van der Waals surface area contributed by atoms with Crippen LogP contribution >= 0.6 is 0 Å².